The van der Waals surface area contributed by atoms with Crippen LogP contribution in [0.1, 0.15) is 22.9 Å². The second kappa shape index (κ2) is 3.79. The highest BCUT2D eigenvalue weighted by atomic mass is 32.2. The van der Waals surface area contributed by atoms with Crippen molar-refractivity contribution in [3.63, 3.8) is 0 Å². The van der Waals surface area contributed by atoms with Crippen LogP contribution < -0.4 is 0 Å². The fourth-order valence-electron chi connectivity index (χ4n) is 3.93. The number of nitrogens with zero attached hydrogens (tertiary/aromatic N) is 2. The summed E-state index contributed by atoms with van der Waals surface area (Å²) in [5, 5.41) is 5.87. The Balaban J connectivity index is 1.61. The van der Waals surface area contributed by atoms with Gasteiger partial charge in [-0.05, 0) is 19.1 Å². The Hall–Kier alpha value is -1.70. The minimum absolute atomic E-state index is 0.00674. The van der Waals surface area contributed by atoms with Gasteiger partial charge < -0.3 is 4.74 Å². The first-order chi connectivity index (χ1) is 10.6. The number of nitrogens with one attached hydrogen (secondary N) is 1. The van der Waals surface area contributed by atoms with Crippen LogP contribution >= 0.6 is 0 Å². The summed E-state index contributed by atoms with van der Waals surface area (Å²) in [6, 6.07) is 6.86. The van der Waals surface area contributed by atoms with E-state index in [0.717, 1.165) is 16.8 Å². The third kappa shape index (κ3) is 1.28. The molecule has 1 N–H and O–H groups in total. The third-order valence-corrected chi connectivity index (χ3v) is 7.32. The molecule has 4 atom stereocenters. The molecule has 3 aliphatic rings. The van der Waals surface area contributed by atoms with E-state index in [-0.39, 0.29) is 12.1 Å². The summed E-state index contributed by atoms with van der Waals surface area (Å²) < 4.78 is 32.1. The number of aromatic nitrogens is 2. The molecule has 5 rings (SSSR count). The maximum atomic E-state index is 13.1. The normalized spacial score (nSPS) is 35.0. The van der Waals surface area contributed by atoms with E-state index in [9.17, 15) is 8.42 Å². The lowest BCUT2D eigenvalue weighted by atomic mass is 10.0. The lowest BCUT2D eigenvalue weighted by molar-refractivity contribution is 0.109. The van der Waals surface area contributed by atoms with Gasteiger partial charge in [-0.2, -0.15) is 5.10 Å². The van der Waals surface area contributed by atoms with Crippen molar-refractivity contribution in [3.05, 3.63) is 47.3 Å². The van der Waals surface area contributed by atoms with Gasteiger partial charge in [0.05, 0.1) is 29.8 Å². The highest BCUT2D eigenvalue weighted by molar-refractivity contribution is 7.93. The fraction of sp³-hybridized carbons (Fsp3) is 0.400. The number of sulfone groups is 1. The highest BCUT2D eigenvalue weighted by Gasteiger charge is 2.79. The van der Waals surface area contributed by atoms with Gasteiger partial charge in [0.25, 0.3) is 0 Å². The van der Waals surface area contributed by atoms with E-state index in [1.165, 1.54) is 0 Å². The van der Waals surface area contributed by atoms with E-state index in [2.05, 4.69) is 10.2 Å². The maximum absolute atomic E-state index is 13.1. The Morgan fingerprint density at radius 2 is 2.14 bits per heavy atom. The third-order valence-electron chi connectivity index (χ3n) is 5.06. The SMILES string of the molecule is Cc1ccc(S(=O)(=O)C23OCC4c5cn[nH]c5CC2N43)cc1. The predicted octanol–water partition coefficient (Wildman–Crippen LogP) is 1.16. The van der Waals surface area contributed by atoms with Gasteiger partial charge in [-0.3, -0.25) is 5.10 Å². The van der Waals surface area contributed by atoms with Crippen molar-refractivity contribution in [1.29, 1.82) is 0 Å². The van der Waals surface area contributed by atoms with E-state index in [1.54, 1.807) is 18.3 Å². The van der Waals surface area contributed by atoms with Gasteiger partial charge in [-0.1, -0.05) is 17.7 Å². The Labute approximate surface area is 128 Å². The average Bonchev–Trinajstić information content (AvgIpc) is 2.84. The van der Waals surface area contributed by atoms with Crippen molar-refractivity contribution in [2.24, 2.45) is 0 Å². The molecule has 6 nitrogen and oxygen atoms in total. The van der Waals surface area contributed by atoms with Crippen LogP contribution in [0.3, 0.4) is 0 Å². The van der Waals surface area contributed by atoms with Crippen LogP contribution in [-0.4, -0.2) is 41.2 Å². The van der Waals surface area contributed by atoms with Crippen molar-refractivity contribution >= 4 is 9.84 Å². The highest BCUT2D eigenvalue weighted by Crippen LogP contribution is 2.62. The van der Waals surface area contributed by atoms with Crippen molar-refractivity contribution in [3.8, 4) is 0 Å². The molecule has 0 radical (unpaired) electrons. The van der Waals surface area contributed by atoms with Gasteiger partial charge in [0.1, 0.15) is 0 Å². The number of H-pyrrole nitrogens is 1. The summed E-state index contributed by atoms with van der Waals surface area (Å²) in [4.78, 5) is 2.31. The quantitative estimate of drug-likeness (QED) is 0.841. The Morgan fingerprint density at radius 3 is 2.91 bits per heavy atom. The Kier molecular flexibility index (Phi) is 2.21. The summed E-state index contributed by atoms with van der Waals surface area (Å²) in [5.74, 6) is 0. The summed E-state index contributed by atoms with van der Waals surface area (Å²) in [5.41, 5.74) is 3.14. The zero-order chi connectivity index (χ0) is 15.1. The number of ether oxygens (including phenoxy) is 1. The molecule has 4 unspecified atom stereocenters. The zero-order valence-corrected chi connectivity index (χ0v) is 12.8. The lowest BCUT2D eigenvalue weighted by Crippen LogP contribution is -2.31. The van der Waals surface area contributed by atoms with E-state index < -0.39 is 14.9 Å². The molecule has 4 heterocycles. The van der Waals surface area contributed by atoms with Gasteiger partial charge in [0.15, 0.2) is 0 Å². The number of benzene rings is 1. The van der Waals surface area contributed by atoms with Crippen molar-refractivity contribution in [2.75, 3.05) is 6.61 Å². The molecule has 0 spiro atoms. The van der Waals surface area contributed by atoms with Gasteiger partial charge in [0.2, 0.25) is 14.9 Å². The van der Waals surface area contributed by atoms with E-state index in [4.69, 9.17) is 4.74 Å². The molecule has 0 saturated carbocycles. The number of aryl methyl sites for hydroxylation is 1. The Morgan fingerprint density at radius 1 is 1.36 bits per heavy atom. The first-order valence-electron chi connectivity index (χ1n) is 7.31. The lowest BCUT2D eigenvalue weighted by Gasteiger charge is -2.19. The van der Waals surface area contributed by atoms with E-state index >= 15 is 0 Å². The number of hydrogen-bond acceptors (Lipinski definition) is 5. The minimum Gasteiger partial charge on any atom is -0.343 e. The van der Waals surface area contributed by atoms with Crippen LogP contribution in [0.4, 0.5) is 0 Å². The molecule has 22 heavy (non-hydrogen) atoms. The molecule has 0 amide bonds. The van der Waals surface area contributed by atoms with Crippen molar-refractivity contribution in [1.82, 2.24) is 15.1 Å². The van der Waals surface area contributed by atoms with Gasteiger partial charge >= 0.3 is 0 Å². The molecule has 7 heteroatoms. The van der Waals surface area contributed by atoms with Gasteiger partial charge in [-0.25, -0.2) is 13.3 Å². The molecular formula is C15H15N3O3S. The topological polar surface area (TPSA) is 75.1 Å². The van der Waals surface area contributed by atoms with Crippen molar-refractivity contribution < 1.29 is 13.2 Å². The van der Waals surface area contributed by atoms with Crippen LogP contribution in [-0.2, 0) is 21.0 Å². The summed E-state index contributed by atoms with van der Waals surface area (Å²) in [7, 11) is -3.56. The maximum Gasteiger partial charge on any atom is 0.247 e. The number of fused-ring (bicyclic) bond motifs is 3. The first-order valence-corrected chi connectivity index (χ1v) is 8.80. The molecule has 1 aromatic carbocycles. The van der Waals surface area contributed by atoms with Crippen LogP contribution in [0.2, 0.25) is 0 Å². The monoisotopic (exact) mass is 317 g/mol. The van der Waals surface area contributed by atoms with Gasteiger partial charge in [-0.15, -0.1) is 0 Å². The van der Waals surface area contributed by atoms with Crippen LogP contribution in [0, 0.1) is 6.92 Å². The molecule has 3 aliphatic heterocycles. The molecule has 0 bridgehead atoms. The predicted molar refractivity (Wildman–Crippen MR) is 77.7 cm³/mol. The largest absolute Gasteiger partial charge is 0.343 e. The average molecular weight is 317 g/mol. The number of morpholine rings is 1. The van der Waals surface area contributed by atoms with Crippen LogP contribution in [0.25, 0.3) is 0 Å². The number of rotatable bonds is 2. The number of hydrogen-bond donors (Lipinski definition) is 1. The molecular weight excluding hydrogens is 302 g/mol. The summed E-state index contributed by atoms with van der Waals surface area (Å²) >= 11 is 0. The zero-order valence-electron chi connectivity index (χ0n) is 12.0. The Bertz CT molecular complexity index is 874. The van der Waals surface area contributed by atoms with Crippen molar-refractivity contribution in [2.45, 2.75) is 35.4 Å². The van der Waals surface area contributed by atoms with E-state index in [0.29, 0.717) is 17.9 Å². The fourth-order valence-corrected chi connectivity index (χ4v) is 6.02. The van der Waals surface area contributed by atoms with E-state index in [1.807, 2.05) is 24.0 Å². The minimum atomic E-state index is -3.56. The second-order valence-electron chi connectivity index (χ2n) is 6.21. The molecule has 2 saturated heterocycles. The smallest absolute Gasteiger partial charge is 0.247 e. The van der Waals surface area contributed by atoms with Crippen LogP contribution in [0.5, 0.6) is 0 Å². The molecule has 2 aromatic rings. The summed E-state index contributed by atoms with van der Waals surface area (Å²) in [6.45, 7) is 2.34. The van der Waals surface area contributed by atoms with Crippen LogP contribution in [0.15, 0.2) is 35.4 Å². The second-order valence-corrected chi connectivity index (χ2v) is 8.27. The number of aromatic amines is 1. The van der Waals surface area contributed by atoms with Gasteiger partial charge in [0, 0.05) is 17.7 Å². The molecule has 114 valence electrons. The molecule has 2 fully saturated rings. The first kappa shape index (κ1) is 12.8. The standard InChI is InChI=1S/C15H15N3O3S/c1-9-2-4-10(5-3-9)22(19,20)15-14-6-12-11(7-16-17-12)13(8-21-15)18(14)15/h2-5,7,13-14H,6,8H2,1H3,(H,16,17). The summed E-state index contributed by atoms with van der Waals surface area (Å²) in [6.07, 6.45) is 2.42. The molecule has 1 aromatic heterocycles. The molecule has 0 aliphatic carbocycles.